The van der Waals surface area contributed by atoms with E-state index in [0.717, 1.165) is 18.4 Å². The fraction of sp³-hybridized carbons (Fsp3) is 0.474. The van der Waals surface area contributed by atoms with Crippen LogP contribution in [-0.4, -0.2) is 46.5 Å². The summed E-state index contributed by atoms with van der Waals surface area (Å²) >= 11 is 5.88. The SMILES string of the molecule is CCNC(=O)C1CCCN(C(=O)CCc2nc(-c3ccc(Cl)cc3)no2)C1. The molecular weight excluding hydrogens is 368 g/mol. The van der Waals surface area contributed by atoms with Crippen LogP contribution in [0.3, 0.4) is 0 Å². The van der Waals surface area contributed by atoms with E-state index in [4.69, 9.17) is 16.1 Å². The molecule has 1 aromatic carbocycles. The highest BCUT2D eigenvalue weighted by Crippen LogP contribution is 2.20. The molecule has 27 heavy (non-hydrogen) atoms. The molecule has 2 heterocycles. The molecule has 1 atom stereocenters. The number of aryl methyl sites for hydroxylation is 1. The summed E-state index contributed by atoms with van der Waals surface area (Å²) in [6, 6.07) is 7.16. The number of nitrogens with one attached hydrogen (secondary N) is 1. The van der Waals surface area contributed by atoms with Gasteiger partial charge in [-0.25, -0.2) is 0 Å². The summed E-state index contributed by atoms with van der Waals surface area (Å²) < 4.78 is 5.25. The van der Waals surface area contributed by atoms with E-state index >= 15 is 0 Å². The van der Waals surface area contributed by atoms with Crippen LogP contribution in [0.15, 0.2) is 28.8 Å². The number of benzene rings is 1. The van der Waals surface area contributed by atoms with Crippen LogP contribution in [0.5, 0.6) is 0 Å². The Bertz CT molecular complexity index is 791. The summed E-state index contributed by atoms with van der Waals surface area (Å²) in [5.41, 5.74) is 0.807. The minimum atomic E-state index is -0.123. The van der Waals surface area contributed by atoms with Crippen LogP contribution in [0.2, 0.25) is 5.02 Å². The molecule has 2 amide bonds. The summed E-state index contributed by atoms with van der Waals surface area (Å²) in [4.78, 5) is 30.6. The van der Waals surface area contributed by atoms with E-state index in [1.807, 2.05) is 19.1 Å². The highest BCUT2D eigenvalue weighted by molar-refractivity contribution is 6.30. The lowest BCUT2D eigenvalue weighted by atomic mass is 9.96. The number of amides is 2. The Kier molecular flexibility index (Phi) is 6.45. The summed E-state index contributed by atoms with van der Waals surface area (Å²) in [6.07, 6.45) is 2.32. The van der Waals surface area contributed by atoms with Crippen molar-refractivity contribution in [1.29, 1.82) is 0 Å². The molecule has 0 bridgehead atoms. The average molecular weight is 391 g/mol. The molecule has 144 valence electrons. The third-order valence-corrected chi connectivity index (χ3v) is 4.87. The number of likely N-dealkylation sites (tertiary alicyclic amines) is 1. The molecule has 1 aromatic heterocycles. The summed E-state index contributed by atoms with van der Waals surface area (Å²) in [5.74, 6) is 0.811. The second kappa shape index (κ2) is 8.99. The van der Waals surface area contributed by atoms with Crippen molar-refractivity contribution in [2.75, 3.05) is 19.6 Å². The molecule has 1 aliphatic heterocycles. The van der Waals surface area contributed by atoms with Crippen molar-refractivity contribution in [2.45, 2.75) is 32.6 Å². The number of nitrogens with zero attached hydrogens (tertiary/aromatic N) is 3. The average Bonchev–Trinajstić information content (AvgIpc) is 3.16. The van der Waals surface area contributed by atoms with Gasteiger partial charge in [0, 0.05) is 43.1 Å². The van der Waals surface area contributed by atoms with Crippen LogP contribution < -0.4 is 5.32 Å². The third-order valence-electron chi connectivity index (χ3n) is 4.62. The second-order valence-corrected chi connectivity index (χ2v) is 7.03. The van der Waals surface area contributed by atoms with Crippen LogP contribution in [0.1, 0.15) is 32.1 Å². The van der Waals surface area contributed by atoms with Gasteiger partial charge < -0.3 is 14.7 Å². The molecule has 8 heteroatoms. The zero-order valence-corrected chi connectivity index (χ0v) is 16.0. The smallest absolute Gasteiger partial charge is 0.227 e. The normalized spacial score (nSPS) is 17.0. The topological polar surface area (TPSA) is 88.3 Å². The Morgan fingerprint density at radius 3 is 2.85 bits per heavy atom. The van der Waals surface area contributed by atoms with Gasteiger partial charge in [-0.1, -0.05) is 16.8 Å². The highest BCUT2D eigenvalue weighted by atomic mass is 35.5. The van der Waals surface area contributed by atoms with Gasteiger partial charge in [0.15, 0.2) is 0 Å². The molecule has 3 rings (SSSR count). The summed E-state index contributed by atoms with van der Waals surface area (Å²) in [7, 11) is 0. The molecule has 0 saturated carbocycles. The van der Waals surface area contributed by atoms with Gasteiger partial charge in [-0.2, -0.15) is 4.98 Å². The standard InChI is InChI=1S/C19H23ClN4O3/c1-2-21-19(26)14-4-3-11-24(12-14)17(25)10-9-16-22-18(23-27-16)13-5-7-15(20)8-6-13/h5-8,14H,2-4,9-12H2,1H3,(H,21,26). The Morgan fingerprint density at radius 2 is 2.11 bits per heavy atom. The number of piperidine rings is 1. The largest absolute Gasteiger partial charge is 0.356 e. The summed E-state index contributed by atoms with van der Waals surface area (Å²) in [5, 5.41) is 7.43. The van der Waals surface area contributed by atoms with Gasteiger partial charge in [0.2, 0.25) is 23.5 Å². The molecular formula is C19H23ClN4O3. The minimum absolute atomic E-state index is 0.00948. The third kappa shape index (κ3) is 5.07. The van der Waals surface area contributed by atoms with E-state index in [1.165, 1.54) is 0 Å². The van der Waals surface area contributed by atoms with Crippen molar-refractivity contribution < 1.29 is 14.1 Å². The molecule has 1 fully saturated rings. The number of hydrogen-bond acceptors (Lipinski definition) is 5. The number of rotatable bonds is 6. The fourth-order valence-electron chi connectivity index (χ4n) is 3.18. The quantitative estimate of drug-likeness (QED) is 0.819. The van der Waals surface area contributed by atoms with E-state index < -0.39 is 0 Å². The van der Waals surface area contributed by atoms with Gasteiger partial charge in [-0.05, 0) is 44.0 Å². The predicted molar refractivity (Wildman–Crippen MR) is 101 cm³/mol. The minimum Gasteiger partial charge on any atom is -0.356 e. The number of carbonyl (C=O) groups excluding carboxylic acids is 2. The molecule has 1 unspecified atom stereocenters. The lowest BCUT2D eigenvalue weighted by Crippen LogP contribution is -2.45. The Morgan fingerprint density at radius 1 is 1.33 bits per heavy atom. The van der Waals surface area contributed by atoms with Gasteiger partial charge in [0.05, 0.1) is 5.92 Å². The van der Waals surface area contributed by atoms with Crippen LogP contribution in [0.25, 0.3) is 11.4 Å². The van der Waals surface area contributed by atoms with Gasteiger partial charge in [0.25, 0.3) is 0 Å². The van der Waals surface area contributed by atoms with Crippen molar-refractivity contribution >= 4 is 23.4 Å². The molecule has 0 aliphatic carbocycles. The number of aromatic nitrogens is 2. The van der Waals surface area contributed by atoms with E-state index in [9.17, 15) is 9.59 Å². The van der Waals surface area contributed by atoms with Crippen LogP contribution >= 0.6 is 11.6 Å². The van der Waals surface area contributed by atoms with Gasteiger partial charge >= 0.3 is 0 Å². The number of hydrogen-bond donors (Lipinski definition) is 1. The predicted octanol–water partition coefficient (Wildman–Crippen LogP) is 2.70. The van der Waals surface area contributed by atoms with Crippen molar-refractivity contribution in [3.63, 3.8) is 0 Å². The maximum Gasteiger partial charge on any atom is 0.227 e. The Labute approximate surface area is 163 Å². The first-order valence-electron chi connectivity index (χ1n) is 9.21. The molecule has 7 nitrogen and oxygen atoms in total. The van der Waals surface area contributed by atoms with Crippen molar-refractivity contribution in [3.05, 3.63) is 35.2 Å². The summed E-state index contributed by atoms with van der Waals surface area (Å²) in [6.45, 7) is 3.67. The molecule has 1 saturated heterocycles. The molecule has 0 radical (unpaired) electrons. The monoisotopic (exact) mass is 390 g/mol. The zero-order valence-electron chi connectivity index (χ0n) is 15.3. The highest BCUT2D eigenvalue weighted by Gasteiger charge is 2.28. The van der Waals surface area contributed by atoms with E-state index in [0.29, 0.717) is 42.8 Å². The number of halogens is 1. The van der Waals surface area contributed by atoms with Gasteiger partial charge in [-0.15, -0.1) is 0 Å². The second-order valence-electron chi connectivity index (χ2n) is 6.59. The van der Waals surface area contributed by atoms with Crippen molar-refractivity contribution in [1.82, 2.24) is 20.4 Å². The van der Waals surface area contributed by atoms with Crippen molar-refractivity contribution in [3.8, 4) is 11.4 Å². The Hall–Kier alpha value is -2.41. The maximum atomic E-state index is 12.5. The van der Waals surface area contributed by atoms with Gasteiger partial charge in [-0.3, -0.25) is 9.59 Å². The van der Waals surface area contributed by atoms with Crippen molar-refractivity contribution in [2.24, 2.45) is 5.92 Å². The van der Waals surface area contributed by atoms with E-state index in [2.05, 4.69) is 15.5 Å². The first-order valence-corrected chi connectivity index (χ1v) is 9.58. The van der Waals surface area contributed by atoms with E-state index in [-0.39, 0.29) is 24.2 Å². The lowest BCUT2D eigenvalue weighted by Gasteiger charge is -2.32. The van der Waals surface area contributed by atoms with Crippen LogP contribution in [0.4, 0.5) is 0 Å². The fourth-order valence-corrected chi connectivity index (χ4v) is 3.31. The van der Waals surface area contributed by atoms with Crippen LogP contribution in [0, 0.1) is 5.92 Å². The molecule has 0 spiro atoms. The molecule has 2 aromatic rings. The maximum absolute atomic E-state index is 12.5. The van der Waals surface area contributed by atoms with Crippen LogP contribution in [-0.2, 0) is 16.0 Å². The molecule has 1 N–H and O–H groups in total. The molecule has 1 aliphatic rings. The zero-order chi connectivity index (χ0) is 19.2. The van der Waals surface area contributed by atoms with E-state index in [1.54, 1.807) is 17.0 Å². The first kappa shape index (κ1) is 19.4. The van der Waals surface area contributed by atoms with Gasteiger partial charge in [0.1, 0.15) is 0 Å². The first-order chi connectivity index (χ1) is 13.1. The number of carbonyl (C=O) groups is 2. The Balaban J connectivity index is 1.53. The lowest BCUT2D eigenvalue weighted by molar-refractivity contribution is -0.135.